The lowest BCUT2D eigenvalue weighted by atomic mass is 10.1. The van der Waals surface area contributed by atoms with E-state index in [0.29, 0.717) is 30.5 Å². The first-order chi connectivity index (χ1) is 12.7. The number of ether oxygens (including phenoxy) is 2. The zero-order valence-electron chi connectivity index (χ0n) is 14.4. The molecule has 2 heterocycles. The Morgan fingerprint density at radius 1 is 1.27 bits per heavy atom. The molecule has 0 radical (unpaired) electrons. The van der Waals surface area contributed by atoms with Crippen LogP contribution in [0.5, 0.6) is 5.75 Å². The van der Waals surface area contributed by atoms with Crippen LogP contribution in [0.1, 0.15) is 11.7 Å². The number of hydrogen-bond acceptors (Lipinski definition) is 5. The average Bonchev–Trinajstić information content (AvgIpc) is 2.68. The number of carbonyl (C=O) groups excluding carboxylic acids is 1. The van der Waals surface area contributed by atoms with E-state index < -0.39 is 0 Å². The minimum absolute atomic E-state index is 0.00946. The van der Waals surface area contributed by atoms with Crippen molar-refractivity contribution in [2.45, 2.75) is 6.04 Å². The fourth-order valence-electron chi connectivity index (χ4n) is 2.85. The van der Waals surface area contributed by atoms with Gasteiger partial charge in [0, 0.05) is 30.9 Å². The molecule has 3 rings (SSSR count). The summed E-state index contributed by atoms with van der Waals surface area (Å²) in [6.45, 7) is 3.42. The molecule has 1 aliphatic rings. The van der Waals surface area contributed by atoms with Gasteiger partial charge in [-0.1, -0.05) is 23.7 Å². The molecule has 6 nitrogen and oxygen atoms in total. The lowest BCUT2D eigenvalue weighted by molar-refractivity contribution is -0.123. The second kappa shape index (κ2) is 9.52. The number of aromatic nitrogens is 1. The molecule has 1 aliphatic heterocycles. The third-order valence-corrected chi connectivity index (χ3v) is 4.41. The van der Waals surface area contributed by atoms with Crippen molar-refractivity contribution in [3.8, 4) is 5.75 Å². The molecule has 0 bridgehead atoms. The minimum atomic E-state index is -0.181. The van der Waals surface area contributed by atoms with Crippen LogP contribution in [0, 0.1) is 0 Å². The van der Waals surface area contributed by atoms with Crippen LogP contribution in [0.4, 0.5) is 0 Å². The first-order valence-corrected chi connectivity index (χ1v) is 8.98. The molecule has 138 valence electrons. The zero-order chi connectivity index (χ0) is 18.2. The number of hydrogen-bond donors (Lipinski definition) is 1. The predicted molar refractivity (Wildman–Crippen MR) is 99.3 cm³/mol. The minimum Gasteiger partial charge on any atom is -0.484 e. The topological polar surface area (TPSA) is 63.7 Å². The van der Waals surface area contributed by atoms with E-state index in [1.807, 2.05) is 18.2 Å². The first-order valence-electron chi connectivity index (χ1n) is 8.60. The van der Waals surface area contributed by atoms with E-state index in [1.165, 1.54) is 0 Å². The van der Waals surface area contributed by atoms with Crippen molar-refractivity contribution in [3.05, 3.63) is 59.4 Å². The van der Waals surface area contributed by atoms with Crippen LogP contribution in [0.15, 0.2) is 48.7 Å². The summed E-state index contributed by atoms with van der Waals surface area (Å²) < 4.78 is 10.9. The SMILES string of the molecule is O=C(COc1cccc(Cl)c1)NC[C@H](c1ccccn1)N1CCOCC1. The van der Waals surface area contributed by atoms with Gasteiger partial charge in [0.15, 0.2) is 6.61 Å². The molecule has 2 aromatic rings. The van der Waals surface area contributed by atoms with Gasteiger partial charge in [0.1, 0.15) is 5.75 Å². The van der Waals surface area contributed by atoms with Crippen LogP contribution >= 0.6 is 11.6 Å². The Bertz CT molecular complexity index is 708. The summed E-state index contributed by atoms with van der Waals surface area (Å²) in [6.07, 6.45) is 1.77. The second-order valence-electron chi connectivity index (χ2n) is 5.97. The Kier molecular flexibility index (Phi) is 6.82. The van der Waals surface area contributed by atoms with Crippen molar-refractivity contribution in [3.63, 3.8) is 0 Å². The molecule has 1 atom stereocenters. The highest BCUT2D eigenvalue weighted by molar-refractivity contribution is 6.30. The maximum absolute atomic E-state index is 12.2. The summed E-state index contributed by atoms with van der Waals surface area (Å²) in [4.78, 5) is 18.9. The Hall–Kier alpha value is -2.15. The summed E-state index contributed by atoms with van der Waals surface area (Å²) in [5, 5.41) is 3.52. The van der Waals surface area contributed by atoms with Crippen LogP contribution < -0.4 is 10.1 Å². The van der Waals surface area contributed by atoms with E-state index in [4.69, 9.17) is 21.1 Å². The van der Waals surface area contributed by atoms with Gasteiger partial charge in [0.2, 0.25) is 0 Å². The molecular weight excluding hydrogens is 354 g/mol. The van der Waals surface area contributed by atoms with Crippen molar-refractivity contribution in [2.75, 3.05) is 39.5 Å². The highest BCUT2D eigenvalue weighted by Crippen LogP contribution is 2.19. The van der Waals surface area contributed by atoms with Gasteiger partial charge >= 0.3 is 0 Å². The molecule has 1 amide bonds. The number of morpholine rings is 1. The van der Waals surface area contributed by atoms with E-state index in [-0.39, 0.29) is 18.6 Å². The molecule has 1 aromatic carbocycles. The quantitative estimate of drug-likeness (QED) is 0.804. The Morgan fingerprint density at radius 2 is 2.12 bits per heavy atom. The van der Waals surface area contributed by atoms with E-state index in [2.05, 4.69) is 15.2 Å². The molecule has 1 N–H and O–H groups in total. The normalized spacial score (nSPS) is 16.0. The number of amides is 1. The monoisotopic (exact) mass is 375 g/mol. The number of nitrogens with one attached hydrogen (secondary N) is 1. The van der Waals surface area contributed by atoms with E-state index >= 15 is 0 Å². The number of carbonyl (C=O) groups is 1. The molecule has 1 aromatic heterocycles. The second-order valence-corrected chi connectivity index (χ2v) is 6.41. The van der Waals surface area contributed by atoms with Crippen LogP contribution in [0.3, 0.4) is 0 Å². The standard InChI is InChI=1S/C19H22ClN3O3/c20-15-4-3-5-16(12-15)26-14-19(24)22-13-18(17-6-1-2-7-21-17)23-8-10-25-11-9-23/h1-7,12,18H,8-11,13-14H2,(H,22,24)/t18-/m1/s1. The smallest absolute Gasteiger partial charge is 0.258 e. The Morgan fingerprint density at radius 3 is 2.85 bits per heavy atom. The van der Waals surface area contributed by atoms with E-state index in [9.17, 15) is 4.79 Å². The van der Waals surface area contributed by atoms with E-state index in [0.717, 1.165) is 18.8 Å². The molecule has 0 saturated carbocycles. The molecule has 1 fully saturated rings. The fourth-order valence-corrected chi connectivity index (χ4v) is 3.03. The summed E-state index contributed by atoms with van der Waals surface area (Å²) in [5.41, 5.74) is 0.936. The van der Waals surface area contributed by atoms with Crippen molar-refractivity contribution in [2.24, 2.45) is 0 Å². The Balaban J connectivity index is 1.55. The number of nitrogens with zero attached hydrogens (tertiary/aromatic N) is 2. The predicted octanol–water partition coefficient (Wildman–Crippen LogP) is 2.30. The Labute approximate surface area is 158 Å². The summed E-state index contributed by atoms with van der Waals surface area (Å²) in [7, 11) is 0. The number of halogens is 1. The number of rotatable bonds is 7. The van der Waals surface area contributed by atoms with Crippen molar-refractivity contribution in [1.29, 1.82) is 0 Å². The fraction of sp³-hybridized carbons (Fsp3) is 0.368. The third kappa shape index (κ3) is 5.42. The molecule has 0 aliphatic carbocycles. The summed E-state index contributed by atoms with van der Waals surface area (Å²) in [6, 6.07) is 12.8. The number of benzene rings is 1. The third-order valence-electron chi connectivity index (χ3n) is 4.17. The van der Waals surface area contributed by atoms with Crippen LogP contribution in [0.2, 0.25) is 5.02 Å². The van der Waals surface area contributed by atoms with Gasteiger partial charge in [0.25, 0.3) is 5.91 Å². The molecular formula is C19H22ClN3O3. The lowest BCUT2D eigenvalue weighted by Gasteiger charge is -2.34. The van der Waals surface area contributed by atoms with Gasteiger partial charge in [-0.2, -0.15) is 0 Å². The molecule has 7 heteroatoms. The van der Waals surface area contributed by atoms with Crippen LogP contribution in [-0.4, -0.2) is 55.2 Å². The van der Waals surface area contributed by atoms with Crippen molar-refractivity contribution < 1.29 is 14.3 Å². The highest BCUT2D eigenvalue weighted by atomic mass is 35.5. The van der Waals surface area contributed by atoms with Gasteiger partial charge in [-0.3, -0.25) is 14.7 Å². The van der Waals surface area contributed by atoms with Crippen LogP contribution in [0.25, 0.3) is 0 Å². The maximum Gasteiger partial charge on any atom is 0.258 e. The zero-order valence-corrected chi connectivity index (χ0v) is 15.2. The molecule has 0 unspecified atom stereocenters. The van der Waals surface area contributed by atoms with Crippen LogP contribution in [-0.2, 0) is 9.53 Å². The van der Waals surface area contributed by atoms with Crippen molar-refractivity contribution in [1.82, 2.24) is 15.2 Å². The first kappa shape index (κ1) is 18.6. The molecule has 0 spiro atoms. The summed E-state index contributed by atoms with van der Waals surface area (Å²) in [5.74, 6) is 0.390. The van der Waals surface area contributed by atoms with Gasteiger partial charge in [0.05, 0.1) is 24.9 Å². The largest absolute Gasteiger partial charge is 0.484 e. The molecule has 26 heavy (non-hydrogen) atoms. The highest BCUT2D eigenvalue weighted by Gasteiger charge is 2.24. The maximum atomic E-state index is 12.2. The van der Waals surface area contributed by atoms with Gasteiger partial charge in [-0.15, -0.1) is 0 Å². The van der Waals surface area contributed by atoms with E-state index in [1.54, 1.807) is 30.5 Å². The van der Waals surface area contributed by atoms with Crippen molar-refractivity contribution >= 4 is 17.5 Å². The van der Waals surface area contributed by atoms with Gasteiger partial charge < -0.3 is 14.8 Å². The average molecular weight is 376 g/mol. The molecule has 1 saturated heterocycles. The van der Waals surface area contributed by atoms with Gasteiger partial charge in [-0.05, 0) is 30.3 Å². The summed E-state index contributed by atoms with van der Waals surface area (Å²) >= 11 is 5.91. The lowest BCUT2D eigenvalue weighted by Crippen LogP contribution is -2.44. The van der Waals surface area contributed by atoms with Gasteiger partial charge in [-0.25, -0.2) is 0 Å². The number of pyridine rings is 1.